The van der Waals surface area contributed by atoms with Crippen LogP contribution in [0.5, 0.6) is 0 Å². The number of carboxylic acid groups (broad SMARTS) is 1. The number of carbonyl (C=O) groups excluding carboxylic acids is 1. The van der Waals surface area contributed by atoms with Crippen molar-refractivity contribution in [2.24, 2.45) is 22.4 Å². The number of nitrogens with two attached hydrogens (primary N) is 4. The molecule has 1 fully saturated rings. The number of carbonyl (C=O) groups is 2. The molecular formula is C17H26ClF3N8O3. The van der Waals surface area contributed by atoms with Crippen molar-refractivity contribution in [3.8, 4) is 0 Å². The van der Waals surface area contributed by atoms with Gasteiger partial charge in [0.25, 0.3) is 5.91 Å². The minimum atomic E-state index is -5.08. The Morgan fingerprint density at radius 1 is 1.16 bits per heavy atom. The molecule has 15 heteroatoms. The van der Waals surface area contributed by atoms with E-state index in [1.54, 1.807) is 0 Å². The molecule has 0 spiro atoms. The third-order valence-corrected chi connectivity index (χ3v) is 4.80. The number of carboxylic acids is 1. The van der Waals surface area contributed by atoms with Crippen molar-refractivity contribution in [2.75, 3.05) is 18.0 Å². The van der Waals surface area contributed by atoms with Gasteiger partial charge in [0, 0.05) is 6.54 Å². The molecule has 0 bridgehead atoms. The Morgan fingerprint density at radius 3 is 2.22 bits per heavy atom. The fourth-order valence-corrected chi connectivity index (χ4v) is 3.23. The van der Waals surface area contributed by atoms with Crippen LogP contribution in [-0.2, 0) is 4.79 Å². The summed E-state index contributed by atoms with van der Waals surface area (Å²) in [6.07, 6.45) is 1.79. The third kappa shape index (κ3) is 9.41. The van der Waals surface area contributed by atoms with E-state index in [0.717, 1.165) is 19.3 Å². The van der Waals surface area contributed by atoms with Crippen LogP contribution >= 0.6 is 11.6 Å². The van der Waals surface area contributed by atoms with Crippen molar-refractivity contribution in [3.05, 3.63) is 10.8 Å². The molecule has 0 saturated heterocycles. The molecule has 0 aliphatic heterocycles. The lowest BCUT2D eigenvalue weighted by Crippen LogP contribution is -2.36. The Labute approximate surface area is 186 Å². The van der Waals surface area contributed by atoms with Crippen LogP contribution < -0.4 is 28.3 Å². The van der Waals surface area contributed by atoms with E-state index in [2.05, 4.69) is 20.3 Å². The molecule has 1 aliphatic rings. The van der Waals surface area contributed by atoms with Crippen molar-refractivity contribution in [2.45, 2.75) is 50.7 Å². The van der Waals surface area contributed by atoms with E-state index in [0.29, 0.717) is 5.92 Å². The minimum absolute atomic E-state index is 0.00453. The van der Waals surface area contributed by atoms with Crippen molar-refractivity contribution in [1.29, 1.82) is 0 Å². The number of aliphatic imine (C=N–C) groups is 1. The molecule has 1 heterocycles. The van der Waals surface area contributed by atoms with Crippen molar-refractivity contribution < 1.29 is 27.9 Å². The van der Waals surface area contributed by atoms with Crippen LogP contribution in [0.2, 0.25) is 5.15 Å². The summed E-state index contributed by atoms with van der Waals surface area (Å²) in [5, 5.41) is 9.80. The molecule has 1 aromatic heterocycles. The van der Waals surface area contributed by atoms with Crippen LogP contribution in [0.15, 0.2) is 4.99 Å². The van der Waals surface area contributed by atoms with Gasteiger partial charge in [-0.1, -0.05) is 43.7 Å². The number of guanidine groups is 1. The average Bonchev–Trinajstić information content (AvgIpc) is 2.69. The molecule has 1 saturated carbocycles. The second kappa shape index (κ2) is 12.1. The molecule has 1 aromatic rings. The van der Waals surface area contributed by atoms with Gasteiger partial charge in [0.2, 0.25) is 0 Å². The molecule has 0 unspecified atom stereocenters. The van der Waals surface area contributed by atoms with Gasteiger partial charge in [-0.2, -0.15) is 13.2 Å². The number of nitrogens with one attached hydrogen (secondary N) is 1. The van der Waals surface area contributed by atoms with Gasteiger partial charge in [-0.25, -0.2) is 19.8 Å². The van der Waals surface area contributed by atoms with Crippen molar-refractivity contribution in [3.63, 3.8) is 0 Å². The summed E-state index contributed by atoms with van der Waals surface area (Å²) >= 11 is 5.80. The maximum absolute atomic E-state index is 12.3. The van der Waals surface area contributed by atoms with Crippen LogP contribution in [0.1, 0.15) is 49.0 Å². The lowest BCUT2D eigenvalue weighted by atomic mass is 9.85. The number of hydrogen-bond acceptors (Lipinski definition) is 7. The molecule has 1 amide bonds. The van der Waals surface area contributed by atoms with E-state index in [-0.39, 0.29) is 41.0 Å². The Balaban J connectivity index is 0.000000633. The molecule has 10 N–H and O–H groups in total. The zero-order valence-electron chi connectivity index (χ0n) is 17.0. The van der Waals surface area contributed by atoms with E-state index < -0.39 is 18.1 Å². The Kier molecular flexibility index (Phi) is 10.2. The standard InChI is InChI=1S/C15H25ClN8O.C2HF3O2/c16-11-13(18)24-12(17)10(23-11)14(25)21-7-9(22-15(19)20)6-8-4-2-1-3-5-8;3-2(4,5)1(6)7/h8-9H,1-7H2,(H,21,25)(H4,17,18,24)(H4,19,20,22);(H,6,7)/t9-;/m0./s1. The number of nitrogens with zero attached hydrogens (tertiary/aromatic N) is 3. The first kappa shape index (κ1) is 27.0. The number of hydrogen-bond donors (Lipinski definition) is 6. The monoisotopic (exact) mass is 482 g/mol. The molecule has 11 nitrogen and oxygen atoms in total. The van der Waals surface area contributed by atoms with Gasteiger partial charge in [-0.15, -0.1) is 0 Å². The summed E-state index contributed by atoms with van der Waals surface area (Å²) in [5.74, 6) is -2.78. The molecule has 0 radical (unpaired) electrons. The number of alkyl halides is 3. The lowest BCUT2D eigenvalue weighted by molar-refractivity contribution is -0.192. The van der Waals surface area contributed by atoms with Gasteiger partial charge in [0.05, 0.1) is 6.04 Å². The fraction of sp³-hybridized carbons (Fsp3) is 0.588. The van der Waals surface area contributed by atoms with E-state index in [1.807, 2.05) is 0 Å². The number of rotatable bonds is 6. The highest BCUT2D eigenvalue weighted by molar-refractivity contribution is 6.31. The van der Waals surface area contributed by atoms with Gasteiger partial charge >= 0.3 is 12.1 Å². The number of aromatic nitrogens is 2. The number of halogens is 4. The summed E-state index contributed by atoms with van der Waals surface area (Å²) in [7, 11) is 0. The normalized spacial score (nSPS) is 15.1. The first-order chi connectivity index (χ1) is 14.8. The van der Waals surface area contributed by atoms with Crippen LogP contribution in [0, 0.1) is 5.92 Å². The maximum atomic E-state index is 12.3. The third-order valence-electron chi connectivity index (χ3n) is 4.52. The number of anilines is 2. The predicted molar refractivity (Wildman–Crippen MR) is 113 cm³/mol. The summed E-state index contributed by atoms with van der Waals surface area (Å²) in [4.78, 5) is 33.1. The van der Waals surface area contributed by atoms with E-state index >= 15 is 0 Å². The van der Waals surface area contributed by atoms with Crippen molar-refractivity contribution >= 4 is 41.1 Å². The van der Waals surface area contributed by atoms with E-state index in [9.17, 15) is 18.0 Å². The molecule has 1 aliphatic carbocycles. The topological polar surface area (TPSA) is 209 Å². The van der Waals surface area contributed by atoms with Crippen LogP contribution in [-0.4, -0.2) is 51.7 Å². The second-order valence-corrected chi connectivity index (χ2v) is 7.45. The molecule has 2 rings (SSSR count). The van der Waals surface area contributed by atoms with Crippen LogP contribution in [0.4, 0.5) is 24.8 Å². The Bertz CT molecular complexity index is 828. The van der Waals surface area contributed by atoms with Gasteiger partial charge in [0.1, 0.15) is 0 Å². The van der Waals surface area contributed by atoms with Gasteiger partial charge in [0.15, 0.2) is 28.4 Å². The molecule has 180 valence electrons. The summed E-state index contributed by atoms with van der Waals surface area (Å²) in [6.45, 7) is 0.274. The largest absolute Gasteiger partial charge is 0.490 e. The van der Waals surface area contributed by atoms with Crippen molar-refractivity contribution in [1.82, 2.24) is 15.3 Å². The first-order valence-electron chi connectivity index (χ1n) is 9.56. The molecule has 1 atom stereocenters. The smallest absolute Gasteiger partial charge is 0.475 e. The SMILES string of the molecule is NC(N)=N[C@H](CNC(=O)c1nc(Cl)c(N)nc1N)CC1CCCCC1.O=C(O)C(F)(F)F. The van der Waals surface area contributed by atoms with Gasteiger partial charge in [-0.05, 0) is 12.3 Å². The zero-order chi connectivity index (χ0) is 24.5. The van der Waals surface area contributed by atoms with E-state index in [4.69, 9.17) is 44.4 Å². The highest BCUT2D eigenvalue weighted by Gasteiger charge is 2.38. The fourth-order valence-electron chi connectivity index (χ4n) is 3.10. The average molecular weight is 483 g/mol. The Morgan fingerprint density at radius 2 is 1.72 bits per heavy atom. The lowest BCUT2D eigenvalue weighted by Gasteiger charge is -2.25. The maximum Gasteiger partial charge on any atom is 0.490 e. The van der Waals surface area contributed by atoms with E-state index in [1.165, 1.54) is 19.3 Å². The summed E-state index contributed by atoms with van der Waals surface area (Å²) < 4.78 is 31.7. The molecular weight excluding hydrogens is 457 g/mol. The van der Waals surface area contributed by atoms with Crippen LogP contribution in [0.25, 0.3) is 0 Å². The number of nitrogen functional groups attached to an aromatic ring is 2. The number of amides is 1. The van der Waals surface area contributed by atoms with Gasteiger partial charge in [-0.3, -0.25) is 4.79 Å². The number of aliphatic carboxylic acids is 1. The molecule has 0 aromatic carbocycles. The second-order valence-electron chi connectivity index (χ2n) is 7.09. The quantitative estimate of drug-likeness (QED) is 0.254. The minimum Gasteiger partial charge on any atom is -0.475 e. The Hall–Kier alpha value is -3.03. The highest BCUT2D eigenvalue weighted by Crippen LogP contribution is 2.28. The summed E-state index contributed by atoms with van der Waals surface area (Å²) in [6, 6.07) is -0.199. The summed E-state index contributed by atoms with van der Waals surface area (Å²) in [5.41, 5.74) is 22.2. The zero-order valence-corrected chi connectivity index (χ0v) is 17.8. The van der Waals surface area contributed by atoms with Gasteiger partial charge < -0.3 is 33.4 Å². The molecule has 32 heavy (non-hydrogen) atoms. The first-order valence-corrected chi connectivity index (χ1v) is 9.94. The highest BCUT2D eigenvalue weighted by atomic mass is 35.5. The van der Waals surface area contributed by atoms with Crippen LogP contribution in [0.3, 0.4) is 0 Å². The predicted octanol–water partition coefficient (Wildman–Crippen LogP) is 1.27.